The lowest BCUT2D eigenvalue weighted by molar-refractivity contribution is 0.0324. The molecule has 21 heavy (non-hydrogen) atoms. The first-order chi connectivity index (χ1) is 10.2. The molecule has 3 nitrogen and oxygen atoms in total. The fraction of sp³-hybridized carbons (Fsp3) is 0.278. The maximum atomic E-state index is 12.2. The number of aryl methyl sites for hydroxylation is 1. The van der Waals surface area contributed by atoms with Crippen LogP contribution in [0.2, 0.25) is 0 Å². The Morgan fingerprint density at radius 1 is 1.10 bits per heavy atom. The number of hydrogen-bond donors (Lipinski definition) is 0. The van der Waals surface area contributed by atoms with E-state index < -0.39 is 0 Å². The standard InChI is InChI=1S/C18H19NO2/c1-14-9-11-16(12-10-14)19-13-5-8-17(19)21-18(20)15-6-3-2-4-7-15/h2-4,6-7,9-12,17H,5,8,13H2,1H3. The number of carbonyl (C=O) groups excluding carboxylic acids is 1. The van der Waals surface area contributed by atoms with Crippen molar-refractivity contribution in [2.24, 2.45) is 0 Å². The van der Waals surface area contributed by atoms with Gasteiger partial charge in [-0.2, -0.15) is 0 Å². The number of nitrogens with zero attached hydrogens (tertiary/aromatic N) is 1. The normalized spacial score (nSPS) is 17.8. The predicted octanol–water partition coefficient (Wildman–Crippen LogP) is 3.78. The van der Waals surface area contributed by atoms with Crippen LogP contribution in [0.25, 0.3) is 0 Å². The molecule has 0 radical (unpaired) electrons. The van der Waals surface area contributed by atoms with Gasteiger partial charge in [0.2, 0.25) is 0 Å². The Balaban J connectivity index is 1.72. The number of esters is 1. The summed E-state index contributed by atoms with van der Waals surface area (Å²) in [4.78, 5) is 14.3. The average molecular weight is 281 g/mol. The van der Waals surface area contributed by atoms with Crippen LogP contribution in [0.3, 0.4) is 0 Å². The molecule has 1 aliphatic heterocycles. The topological polar surface area (TPSA) is 29.5 Å². The van der Waals surface area contributed by atoms with Crippen LogP contribution >= 0.6 is 0 Å². The van der Waals surface area contributed by atoms with E-state index in [1.165, 1.54) is 5.56 Å². The molecule has 1 saturated heterocycles. The van der Waals surface area contributed by atoms with Gasteiger partial charge in [-0.05, 0) is 37.6 Å². The van der Waals surface area contributed by atoms with Crippen molar-refractivity contribution in [3.05, 3.63) is 65.7 Å². The number of rotatable bonds is 3. The molecule has 0 spiro atoms. The van der Waals surface area contributed by atoms with Crippen molar-refractivity contribution in [2.75, 3.05) is 11.4 Å². The molecule has 3 rings (SSSR count). The van der Waals surface area contributed by atoms with Crippen molar-refractivity contribution in [3.8, 4) is 0 Å². The lowest BCUT2D eigenvalue weighted by Gasteiger charge is -2.26. The second kappa shape index (κ2) is 6.00. The molecule has 0 saturated carbocycles. The molecule has 0 bridgehead atoms. The number of benzene rings is 2. The summed E-state index contributed by atoms with van der Waals surface area (Å²) in [6.07, 6.45) is 1.76. The summed E-state index contributed by atoms with van der Waals surface area (Å²) in [5, 5.41) is 0. The minimum absolute atomic E-state index is 0.166. The van der Waals surface area contributed by atoms with Gasteiger partial charge >= 0.3 is 5.97 Å². The van der Waals surface area contributed by atoms with Crippen LogP contribution in [-0.2, 0) is 4.74 Å². The molecule has 0 N–H and O–H groups in total. The van der Waals surface area contributed by atoms with E-state index in [0.29, 0.717) is 5.56 Å². The van der Waals surface area contributed by atoms with Gasteiger partial charge in [-0.25, -0.2) is 4.79 Å². The Bertz CT molecular complexity index is 607. The van der Waals surface area contributed by atoms with Crippen LogP contribution in [0.15, 0.2) is 54.6 Å². The number of anilines is 1. The van der Waals surface area contributed by atoms with Crippen molar-refractivity contribution < 1.29 is 9.53 Å². The Morgan fingerprint density at radius 2 is 1.81 bits per heavy atom. The maximum Gasteiger partial charge on any atom is 0.340 e. The third kappa shape index (κ3) is 3.07. The Morgan fingerprint density at radius 3 is 2.52 bits per heavy atom. The minimum atomic E-state index is -0.250. The molecule has 2 aromatic carbocycles. The molecule has 108 valence electrons. The summed E-state index contributed by atoms with van der Waals surface area (Å²) in [6, 6.07) is 17.5. The second-order valence-electron chi connectivity index (χ2n) is 5.40. The Hall–Kier alpha value is -2.29. The van der Waals surface area contributed by atoms with Gasteiger partial charge in [-0.15, -0.1) is 0 Å². The van der Waals surface area contributed by atoms with Crippen LogP contribution in [0, 0.1) is 6.92 Å². The van der Waals surface area contributed by atoms with Crippen LogP contribution < -0.4 is 4.90 Å². The molecule has 1 atom stereocenters. The highest BCUT2D eigenvalue weighted by molar-refractivity contribution is 5.89. The molecule has 0 amide bonds. The molecular formula is C18H19NO2. The monoisotopic (exact) mass is 281 g/mol. The van der Waals surface area contributed by atoms with Crippen LogP contribution in [0.1, 0.15) is 28.8 Å². The van der Waals surface area contributed by atoms with E-state index in [0.717, 1.165) is 25.1 Å². The molecule has 1 heterocycles. The zero-order chi connectivity index (χ0) is 14.7. The van der Waals surface area contributed by atoms with E-state index in [2.05, 4.69) is 36.1 Å². The largest absolute Gasteiger partial charge is 0.438 e. The van der Waals surface area contributed by atoms with Gasteiger partial charge in [0.25, 0.3) is 0 Å². The zero-order valence-electron chi connectivity index (χ0n) is 12.2. The van der Waals surface area contributed by atoms with E-state index in [1.54, 1.807) is 12.1 Å². The van der Waals surface area contributed by atoms with Crippen molar-refractivity contribution in [2.45, 2.75) is 26.0 Å². The smallest absolute Gasteiger partial charge is 0.340 e. The number of hydrogen-bond acceptors (Lipinski definition) is 3. The molecule has 0 aliphatic carbocycles. The second-order valence-corrected chi connectivity index (χ2v) is 5.40. The highest BCUT2D eigenvalue weighted by Crippen LogP contribution is 2.27. The molecule has 1 unspecified atom stereocenters. The van der Waals surface area contributed by atoms with Crippen LogP contribution in [0.4, 0.5) is 5.69 Å². The van der Waals surface area contributed by atoms with Gasteiger partial charge in [-0.1, -0.05) is 35.9 Å². The van der Waals surface area contributed by atoms with E-state index in [1.807, 2.05) is 18.2 Å². The van der Waals surface area contributed by atoms with Gasteiger partial charge in [0, 0.05) is 18.7 Å². The first-order valence-corrected chi connectivity index (χ1v) is 7.33. The van der Waals surface area contributed by atoms with Crippen LogP contribution in [0.5, 0.6) is 0 Å². The molecule has 2 aromatic rings. The van der Waals surface area contributed by atoms with Gasteiger partial charge in [-0.3, -0.25) is 0 Å². The predicted molar refractivity (Wildman–Crippen MR) is 83.4 cm³/mol. The average Bonchev–Trinajstić information content (AvgIpc) is 2.97. The summed E-state index contributed by atoms with van der Waals surface area (Å²) in [7, 11) is 0. The first-order valence-electron chi connectivity index (χ1n) is 7.33. The quantitative estimate of drug-likeness (QED) is 0.802. The van der Waals surface area contributed by atoms with Gasteiger partial charge in [0.15, 0.2) is 6.23 Å². The van der Waals surface area contributed by atoms with E-state index in [9.17, 15) is 4.79 Å². The Kier molecular flexibility index (Phi) is 3.91. The van der Waals surface area contributed by atoms with E-state index in [4.69, 9.17) is 4.74 Å². The molecule has 3 heteroatoms. The lowest BCUT2D eigenvalue weighted by atomic mass is 10.2. The number of ether oxygens (including phenoxy) is 1. The van der Waals surface area contributed by atoms with Gasteiger partial charge in [0.1, 0.15) is 0 Å². The number of carbonyl (C=O) groups is 1. The van der Waals surface area contributed by atoms with E-state index in [-0.39, 0.29) is 12.2 Å². The third-order valence-electron chi connectivity index (χ3n) is 3.82. The van der Waals surface area contributed by atoms with Crippen LogP contribution in [-0.4, -0.2) is 18.7 Å². The molecule has 1 aliphatic rings. The fourth-order valence-electron chi connectivity index (χ4n) is 2.66. The van der Waals surface area contributed by atoms with E-state index >= 15 is 0 Å². The zero-order valence-corrected chi connectivity index (χ0v) is 12.2. The SMILES string of the molecule is Cc1ccc(N2CCCC2OC(=O)c2ccccc2)cc1. The van der Waals surface area contributed by atoms with Crippen molar-refractivity contribution in [1.29, 1.82) is 0 Å². The summed E-state index contributed by atoms with van der Waals surface area (Å²) < 4.78 is 5.68. The highest BCUT2D eigenvalue weighted by atomic mass is 16.6. The lowest BCUT2D eigenvalue weighted by Crippen LogP contribution is -2.33. The molecule has 1 fully saturated rings. The molecule has 0 aromatic heterocycles. The Labute approximate surface area is 125 Å². The third-order valence-corrected chi connectivity index (χ3v) is 3.82. The summed E-state index contributed by atoms with van der Waals surface area (Å²) in [5.41, 5.74) is 2.95. The summed E-state index contributed by atoms with van der Waals surface area (Å²) >= 11 is 0. The molecular weight excluding hydrogens is 262 g/mol. The first kappa shape index (κ1) is 13.7. The van der Waals surface area contributed by atoms with Gasteiger partial charge in [0.05, 0.1) is 5.56 Å². The van der Waals surface area contributed by atoms with Crippen molar-refractivity contribution in [1.82, 2.24) is 0 Å². The van der Waals surface area contributed by atoms with Gasteiger partial charge < -0.3 is 9.64 Å². The maximum absolute atomic E-state index is 12.2. The summed E-state index contributed by atoms with van der Waals surface area (Å²) in [5.74, 6) is -0.250. The highest BCUT2D eigenvalue weighted by Gasteiger charge is 2.28. The van der Waals surface area contributed by atoms with Crippen molar-refractivity contribution >= 4 is 11.7 Å². The minimum Gasteiger partial charge on any atom is -0.438 e. The fourth-order valence-corrected chi connectivity index (χ4v) is 2.66. The summed E-state index contributed by atoms with van der Waals surface area (Å²) in [6.45, 7) is 3.00. The van der Waals surface area contributed by atoms with Crippen molar-refractivity contribution in [3.63, 3.8) is 0 Å².